The van der Waals surface area contributed by atoms with Gasteiger partial charge in [0.2, 0.25) is 17.6 Å². The number of hydrogen-bond donors (Lipinski definition) is 6. The van der Waals surface area contributed by atoms with Gasteiger partial charge in [0, 0.05) is 16.9 Å². The van der Waals surface area contributed by atoms with E-state index in [-0.39, 0.29) is 18.1 Å². The first-order valence-corrected chi connectivity index (χ1v) is 8.75. The highest BCUT2D eigenvalue weighted by Gasteiger charge is 2.23. The van der Waals surface area contributed by atoms with Gasteiger partial charge in [-0.1, -0.05) is 0 Å². The lowest BCUT2D eigenvalue weighted by Gasteiger charge is -2.19. The van der Waals surface area contributed by atoms with E-state index in [1.165, 1.54) is 0 Å². The number of carbonyl (C=O) groups excluding carboxylic acids is 3. The van der Waals surface area contributed by atoms with Gasteiger partial charge in [-0.05, 0) is 6.92 Å². The number of ether oxygens (including phenoxy) is 1. The van der Waals surface area contributed by atoms with Crippen LogP contribution >= 0.6 is 24.4 Å². The molecule has 0 heterocycles. The number of carboxylic acid groups (broad SMARTS) is 1. The van der Waals surface area contributed by atoms with Crippen LogP contribution in [0.2, 0.25) is 0 Å². The fourth-order valence-corrected chi connectivity index (χ4v) is 2.25. The van der Waals surface area contributed by atoms with Gasteiger partial charge in [-0.3, -0.25) is 14.4 Å². The van der Waals surface area contributed by atoms with Crippen LogP contribution in [0.1, 0.15) is 6.92 Å². The molecule has 0 aromatic carbocycles. The van der Waals surface area contributed by atoms with Crippen LogP contribution in [0.25, 0.3) is 0 Å². The Bertz CT molecular complexity index is 528. The Morgan fingerprint density at radius 3 is 2.44 bits per heavy atom. The summed E-state index contributed by atoms with van der Waals surface area (Å²) in [4.78, 5) is 45.5. The van der Waals surface area contributed by atoms with E-state index in [0.717, 1.165) is 17.2 Å². The van der Waals surface area contributed by atoms with E-state index < -0.39 is 48.1 Å². The largest absolute Gasteiger partial charge is 0.501 e. The highest BCUT2D eigenvalue weighted by Crippen LogP contribution is 2.09. The van der Waals surface area contributed by atoms with Crippen LogP contribution in [0.4, 0.5) is 0 Å². The number of aliphatic hydroxyl groups excluding tert-OH is 1. The van der Waals surface area contributed by atoms with Gasteiger partial charge in [-0.25, -0.2) is 4.79 Å². The number of carbonyl (C=O) groups is 4. The lowest BCUT2D eigenvalue weighted by Crippen LogP contribution is -2.53. The van der Waals surface area contributed by atoms with Gasteiger partial charge in [-0.15, -0.1) is 11.8 Å². The molecule has 0 rings (SSSR count). The second-order valence-electron chi connectivity index (χ2n) is 4.52. The van der Waals surface area contributed by atoms with Gasteiger partial charge in [0.15, 0.2) is 0 Å². The third-order valence-corrected chi connectivity index (χ3v) is 3.83. The van der Waals surface area contributed by atoms with Gasteiger partial charge in [0.25, 0.3) is 0 Å². The SMILES string of the molecule is CCOC(=O)/C(O)=C/SCC(NC(=O)C(N)CS)C(=O)NCC(=O)O. The highest BCUT2D eigenvalue weighted by molar-refractivity contribution is 8.02. The summed E-state index contributed by atoms with van der Waals surface area (Å²) in [5, 5.41) is 23.6. The predicted octanol–water partition coefficient (Wildman–Crippen LogP) is -1.38. The lowest BCUT2D eigenvalue weighted by atomic mass is 10.2. The summed E-state index contributed by atoms with van der Waals surface area (Å²) in [6.45, 7) is 1.03. The number of thioether (sulfide) groups is 1. The molecule has 0 aliphatic heterocycles. The molecule has 10 nitrogen and oxygen atoms in total. The van der Waals surface area contributed by atoms with Crippen LogP contribution < -0.4 is 16.4 Å². The molecule has 0 radical (unpaired) electrons. The molecule has 2 amide bonds. The second kappa shape index (κ2) is 12.4. The fraction of sp³-hybridized carbons (Fsp3) is 0.538. The lowest BCUT2D eigenvalue weighted by molar-refractivity contribution is -0.141. The van der Waals surface area contributed by atoms with E-state index in [9.17, 15) is 24.3 Å². The Morgan fingerprint density at radius 1 is 1.28 bits per heavy atom. The van der Waals surface area contributed by atoms with Crippen molar-refractivity contribution < 1.29 is 34.1 Å². The van der Waals surface area contributed by atoms with Crippen LogP contribution in [-0.2, 0) is 23.9 Å². The first-order chi connectivity index (χ1) is 11.7. The van der Waals surface area contributed by atoms with E-state index in [4.69, 9.17) is 10.8 Å². The molecule has 0 aliphatic carbocycles. The first kappa shape index (κ1) is 23.1. The predicted molar refractivity (Wildman–Crippen MR) is 94.2 cm³/mol. The number of aliphatic carboxylic acids is 1. The monoisotopic (exact) mass is 395 g/mol. The van der Waals surface area contributed by atoms with Gasteiger partial charge in [-0.2, -0.15) is 12.6 Å². The van der Waals surface area contributed by atoms with Crippen molar-refractivity contribution in [3.63, 3.8) is 0 Å². The van der Waals surface area contributed by atoms with E-state index in [2.05, 4.69) is 28.0 Å². The van der Waals surface area contributed by atoms with E-state index in [1.807, 2.05) is 0 Å². The van der Waals surface area contributed by atoms with Gasteiger partial charge < -0.3 is 31.3 Å². The van der Waals surface area contributed by atoms with Crippen LogP contribution in [-0.4, -0.2) is 70.7 Å². The van der Waals surface area contributed by atoms with Crippen molar-refractivity contribution in [3.05, 3.63) is 11.2 Å². The van der Waals surface area contributed by atoms with E-state index in [0.29, 0.717) is 0 Å². The normalized spacial score (nSPS) is 13.5. The molecule has 0 aromatic rings. The Kier molecular flexibility index (Phi) is 11.5. The van der Waals surface area contributed by atoms with Gasteiger partial charge in [0.1, 0.15) is 12.6 Å². The maximum absolute atomic E-state index is 12.0. The molecule has 0 saturated carbocycles. The quantitative estimate of drug-likeness (QED) is 0.107. The van der Waals surface area contributed by atoms with Crippen molar-refractivity contribution in [3.8, 4) is 0 Å². The molecular weight excluding hydrogens is 374 g/mol. The third kappa shape index (κ3) is 9.84. The summed E-state index contributed by atoms with van der Waals surface area (Å²) in [5.74, 6) is -4.27. The summed E-state index contributed by atoms with van der Waals surface area (Å²) < 4.78 is 4.57. The highest BCUT2D eigenvalue weighted by atomic mass is 32.2. The number of hydrogen-bond acceptors (Lipinski definition) is 9. The van der Waals surface area contributed by atoms with Crippen LogP contribution in [0, 0.1) is 0 Å². The molecule has 2 atom stereocenters. The molecule has 6 N–H and O–H groups in total. The minimum absolute atomic E-state index is 0.0476. The van der Waals surface area contributed by atoms with Crippen molar-refractivity contribution in [1.29, 1.82) is 0 Å². The average Bonchev–Trinajstić information content (AvgIpc) is 2.57. The maximum Gasteiger partial charge on any atom is 0.373 e. The topological polar surface area (TPSA) is 168 Å². The summed E-state index contributed by atoms with van der Waals surface area (Å²) >= 11 is 4.73. The maximum atomic E-state index is 12.0. The Balaban J connectivity index is 4.85. The molecule has 25 heavy (non-hydrogen) atoms. The number of aliphatic hydroxyl groups is 1. The molecule has 0 spiro atoms. The summed E-state index contributed by atoms with van der Waals surface area (Å²) in [7, 11) is 0. The standard InChI is InChI=1S/C13H21N3O7S2/c1-2-23-13(22)9(17)6-25-5-8(12(21)15-3-10(18)19)16-11(20)7(14)4-24/h6-8,17,24H,2-5,14H2,1H3,(H,15,21)(H,16,20)(H,18,19)/b9-6-. The molecule has 0 fully saturated rings. The Morgan fingerprint density at radius 2 is 1.92 bits per heavy atom. The molecular formula is C13H21N3O7S2. The minimum atomic E-state index is -1.25. The molecule has 2 unspecified atom stereocenters. The number of rotatable bonds is 11. The molecule has 12 heteroatoms. The fourth-order valence-electron chi connectivity index (χ4n) is 1.31. The molecule has 0 bridgehead atoms. The van der Waals surface area contributed by atoms with Crippen LogP contribution in [0.5, 0.6) is 0 Å². The number of thiol groups is 1. The van der Waals surface area contributed by atoms with Crippen molar-refractivity contribution in [2.24, 2.45) is 5.73 Å². The summed E-state index contributed by atoms with van der Waals surface area (Å²) in [6.07, 6.45) is 0. The second-order valence-corrected chi connectivity index (χ2v) is 5.79. The molecule has 0 aromatic heterocycles. The molecule has 0 aliphatic rings. The zero-order chi connectivity index (χ0) is 19.4. The Hall–Kier alpha value is -1.92. The third-order valence-electron chi connectivity index (χ3n) is 2.52. The number of esters is 1. The van der Waals surface area contributed by atoms with Gasteiger partial charge >= 0.3 is 11.9 Å². The van der Waals surface area contributed by atoms with Crippen LogP contribution in [0.3, 0.4) is 0 Å². The number of amides is 2. The van der Waals surface area contributed by atoms with Crippen molar-refractivity contribution in [1.82, 2.24) is 10.6 Å². The average molecular weight is 395 g/mol. The smallest absolute Gasteiger partial charge is 0.373 e. The summed E-state index contributed by atoms with van der Waals surface area (Å²) in [5.41, 5.74) is 5.50. The van der Waals surface area contributed by atoms with Gasteiger partial charge in [0.05, 0.1) is 12.6 Å². The number of nitrogens with one attached hydrogen (secondary N) is 2. The van der Waals surface area contributed by atoms with Crippen molar-refractivity contribution >= 4 is 48.1 Å². The zero-order valence-corrected chi connectivity index (χ0v) is 15.1. The number of carboxylic acids is 1. The first-order valence-electron chi connectivity index (χ1n) is 7.07. The minimum Gasteiger partial charge on any atom is -0.501 e. The molecule has 0 saturated heterocycles. The number of nitrogens with two attached hydrogens (primary N) is 1. The van der Waals surface area contributed by atoms with Crippen LogP contribution in [0.15, 0.2) is 11.2 Å². The summed E-state index contributed by atoms with van der Waals surface area (Å²) in [6, 6.07) is -2.08. The zero-order valence-electron chi connectivity index (χ0n) is 13.4. The van der Waals surface area contributed by atoms with E-state index >= 15 is 0 Å². The Labute approximate surface area is 153 Å². The van der Waals surface area contributed by atoms with Crippen molar-refractivity contribution in [2.75, 3.05) is 24.7 Å². The molecule has 142 valence electrons. The van der Waals surface area contributed by atoms with Crippen molar-refractivity contribution in [2.45, 2.75) is 19.0 Å². The van der Waals surface area contributed by atoms with E-state index in [1.54, 1.807) is 6.92 Å².